The molecule has 0 radical (unpaired) electrons. The first kappa shape index (κ1) is 18.3. The molecule has 1 aliphatic rings. The standard InChI is InChI=1S/C21H17ClFN5S/c22-15-7-5-14(6-8-15)18-19-20(29-26-18)21(25-13-24-19)28-11-9-27(10-12-28)17-4-2-1-3-16(17)23/h1-8,13H,9-12H2. The van der Waals surface area contributed by atoms with Crippen molar-refractivity contribution in [3.05, 3.63) is 65.7 Å². The highest BCUT2D eigenvalue weighted by Gasteiger charge is 2.23. The molecule has 2 aromatic carbocycles. The van der Waals surface area contributed by atoms with Gasteiger partial charge in [0.1, 0.15) is 28.1 Å². The third-order valence-electron chi connectivity index (χ3n) is 5.13. The maximum absolute atomic E-state index is 14.1. The second-order valence-electron chi connectivity index (χ2n) is 6.84. The van der Waals surface area contributed by atoms with Crippen molar-refractivity contribution in [3.63, 3.8) is 0 Å². The smallest absolute Gasteiger partial charge is 0.151 e. The molecule has 0 N–H and O–H groups in total. The Morgan fingerprint density at radius 2 is 1.62 bits per heavy atom. The number of aromatic nitrogens is 3. The van der Waals surface area contributed by atoms with Crippen LogP contribution in [-0.2, 0) is 0 Å². The van der Waals surface area contributed by atoms with E-state index in [-0.39, 0.29) is 5.82 Å². The minimum atomic E-state index is -0.180. The van der Waals surface area contributed by atoms with Gasteiger partial charge in [-0.25, -0.2) is 14.4 Å². The van der Waals surface area contributed by atoms with Crippen molar-refractivity contribution in [1.82, 2.24) is 14.3 Å². The fourth-order valence-electron chi connectivity index (χ4n) is 3.64. The van der Waals surface area contributed by atoms with E-state index >= 15 is 0 Å². The van der Waals surface area contributed by atoms with Gasteiger partial charge in [0.2, 0.25) is 0 Å². The second kappa shape index (κ2) is 7.57. The fraction of sp³-hybridized carbons (Fsp3) is 0.190. The zero-order valence-corrected chi connectivity index (χ0v) is 17.0. The summed E-state index contributed by atoms with van der Waals surface area (Å²) in [7, 11) is 0. The van der Waals surface area contributed by atoms with E-state index < -0.39 is 0 Å². The lowest BCUT2D eigenvalue weighted by Gasteiger charge is -2.36. The Morgan fingerprint density at radius 3 is 2.38 bits per heavy atom. The fourth-order valence-corrected chi connectivity index (χ4v) is 4.64. The van der Waals surface area contributed by atoms with Gasteiger partial charge in [-0.3, -0.25) is 0 Å². The zero-order chi connectivity index (χ0) is 19.8. The Kier molecular flexibility index (Phi) is 4.77. The number of benzene rings is 2. The molecule has 0 spiro atoms. The van der Waals surface area contributed by atoms with Crippen LogP contribution in [0.2, 0.25) is 5.02 Å². The van der Waals surface area contributed by atoms with Gasteiger partial charge in [0.25, 0.3) is 0 Å². The lowest BCUT2D eigenvalue weighted by molar-refractivity contribution is 0.597. The quantitative estimate of drug-likeness (QED) is 0.468. The van der Waals surface area contributed by atoms with Crippen LogP contribution in [0.25, 0.3) is 21.5 Å². The van der Waals surface area contributed by atoms with Gasteiger partial charge >= 0.3 is 0 Å². The summed E-state index contributed by atoms with van der Waals surface area (Å²) in [6.07, 6.45) is 1.59. The van der Waals surface area contributed by atoms with Crippen molar-refractivity contribution in [2.75, 3.05) is 36.0 Å². The maximum Gasteiger partial charge on any atom is 0.151 e. The maximum atomic E-state index is 14.1. The molecule has 5 nitrogen and oxygen atoms in total. The van der Waals surface area contributed by atoms with Crippen LogP contribution in [0.15, 0.2) is 54.9 Å². The van der Waals surface area contributed by atoms with Crippen LogP contribution in [-0.4, -0.2) is 40.5 Å². The number of halogens is 2. The van der Waals surface area contributed by atoms with Gasteiger partial charge in [-0.2, -0.15) is 4.37 Å². The molecule has 0 bridgehead atoms. The van der Waals surface area contributed by atoms with Gasteiger partial charge in [0.05, 0.1) is 5.69 Å². The summed E-state index contributed by atoms with van der Waals surface area (Å²) in [5.74, 6) is 0.710. The number of nitrogens with zero attached hydrogens (tertiary/aromatic N) is 5. The molecule has 1 aliphatic heterocycles. The van der Waals surface area contributed by atoms with Gasteiger partial charge in [-0.1, -0.05) is 35.9 Å². The van der Waals surface area contributed by atoms with E-state index in [1.165, 1.54) is 17.6 Å². The Bertz CT molecular complexity index is 1160. The normalized spacial score (nSPS) is 14.6. The molecule has 0 aliphatic carbocycles. The van der Waals surface area contributed by atoms with Gasteiger partial charge in [0.15, 0.2) is 5.82 Å². The lowest BCUT2D eigenvalue weighted by atomic mass is 10.1. The molecule has 0 atom stereocenters. The Labute approximate surface area is 176 Å². The average molecular weight is 426 g/mol. The summed E-state index contributed by atoms with van der Waals surface area (Å²) in [4.78, 5) is 13.3. The Morgan fingerprint density at radius 1 is 0.897 bits per heavy atom. The lowest BCUT2D eigenvalue weighted by Crippen LogP contribution is -2.47. The van der Waals surface area contributed by atoms with E-state index in [2.05, 4.69) is 24.1 Å². The van der Waals surface area contributed by atoms with Crippen molar-refractivity contribution in [2.24, 2.45) is 0 Å². The summed E-state index contributed by atoms with van der Waals surface area (Å²) in [6, 6.07) is 14.5. The molecule has 5 rings (SSSR count). The summed E-state index contributed by atoms with van der Waals surface area (Å²) in [6.45, 7) is 2.98. The molecular weight excluding hydrogens is 409 g/mol. The zero-order valence-electron chi connectivity index (χ0n) is 15.4. The van der Waals surface area contributed by atoms with E-state index in [0.717, 1.165) is 53.5 Å². The number of fused-ring (bicyclic) bond motifs is 1. The van der Waals surface area contributed by atoms with E-state index in [9.17, 15) is 4.39 Å². The number of anilines is 2. The van der Waals surface area contributed by atoms with Crippen LogP contribution in [0.5, 0.6) is 0 Å². The molecule has 0 unspecified atom stereocenters. The first-order chi connectivity index (χ1) is 14.2. The molecule has 1 saturated heterocycles. The van der Waals surface area contributed by atoms with Gasteiger partial charge < -0.3 is 9.80 Å². The summed E-state index contributed by atoms with van der Waals surface area (Å²) >= 11 is 7.42. The predicted octanol–water partition coefficient (Wildman–Crippen LogP) is 4.87. The number of piperazine rings is 1. The predicted molar refractivity (Wildman–Crippen MR) is 116 cm³/mol. The highest BCUT2D eigenvalue weighted by atomic mass is 35.5. The largest absolute Gasteiger partial charge is 0.366 e. The summed E-state index contributed by atoms with van der Waals surface area (Å²) in [5, 5.41) is 0.691. The molecular formula is C21H17ClFN5S. The van der Waals surface area contributed by atoms with Gasteiger partial charge in [0, 0.05) is 36.8 Å². The number of hydrogen-bond acceptors (Lipinski definition) is 6. The monoisotopic (exact) mass is 425 g/mol. The third-order valence-corrected chi connectivity index (χ3v) is 6.21. The van der Waals surface area contributed by atoms with E-state index in [0.29, 0.717) is 10.7 Å². The van der Waals surface area contributed by atoms with Crippen molar-refractivity contribution in [3.8, 4) is 11.3 Å². The first-order valence-electron chi connectivity index (χ1n) is 9.31. The molecule has 0 saturated carbocycles. The number of para-hydroxylation sites is 1. The number of hydrogen-bond donors (Lipinski definition) is 0. The average Bonchev–Trinajstić information content (AvgIpc) is 3.19. The molecule has 3 heterocycles. The van der Waals surface area contributed by atoms with Crippen LogP contribution in [0.1, 0.15) is 0 Å². The van der Waals surface area contributed by atoms with Crippen molar-refractivity contribution >= 4 is 44.9 Å². The van der Waals surface area contributed by atoms with Crippen LogP contribution in [0.3, 0.4) is 0 Å². The van der Waals surface area contributed by atoms with Crippen LogP contribution in [0, 0.1) is 5.82 Å². The minimum Gasteiger partial charge on any atom is -0.366 e. The minimum absolute atomic E-state index is 0.180. The molecule has 0 amide bonds. The molecule has 146 valence electrons. The first-order valence-corrected chi connectivity index (χ1v) is 10.5. The van der Waals surface area contributed by atoms with Gasteiger partial charge in [-0.15, -0.1) is 0 Å². The van der Waals surface area contributed by atoms with E-state index in [1.54, 1.807) is 12.4 Å². The van der Waals surface area contributed by atoms with Crippen molar-refractivity contribution in [2.45, 2.75) is 0 Å². The van der Waals surface area contributed by atoms with E-state index in [1.807, 2.05) is 36.4 Å². The highest BCUT2D eigenvalue weighted by Crippen LogP contribution is 2.35. The summed E-state index contributed by atoms with van der Waals surface area (Å²) in [5.41, 5.74) is 3.33. The Balaban J connectivity index is 1.42. The molecule has 29 heavy (non-hydrogen) atoms. The highest BCUT2D eigenvalue weighted by molar-refractivity contribution is 7.14. The SMILES string of the molecule is Fc1ccccc1N1CCN(c2ncnc3c(-c4ccc(Cl)cc4)nsc23)CC1. The van der Waals surface area contributed by atoms with Crippen molar-refractivity contribution < 1.29 is 4.39 Å². The van der Waals surface area contributed by atoms with E-state index in [4.69, 9.17) is 11.6 Å². The summed E-state index contributed by atoms with van der Waals surface area (Å²) < 4.78 is 19.7. The third kappa shape index (κ3) is 3.41. The van der Waals surface area contributed by atoms with Crippen molar-refractivity contribution in [1.29, 1.82) is 0 Å². The van der Waals surface area contributed by atoms with Crippen LogP contribution < -0.4 is 9.80 Å². The van der Waals surface area contributed by atoms with Gasteiger partial charge in [-0.05, 0) is 35.8 Å². The molecule has 1 fully saturated rings. The molecule has 8 heteroatoms. The topological polar surface area (TPSA) is 45.2 Å². The second-order valence-corrected chi connectivity index (χ2v) is 8.05. The number of rotatable bonds is 3. The molecule has 2 aromatic heterocycles. The van der Waals surface area contributed by atoms with Crippen LogP contribution >= 0.6 is 23.1 Å². The Hall–Kier alpha value is -2.77. The van der Waals surface area contributed by atoms with Crippen LogP contribution in [0.4, 0.5) is 15.9 Å². The molecule has 4 aromatic rings.